The number of imidazole rings is 1. The molecule has 0 bridgehead atoms. The van der Waals surface area contributed by atoms with Crippen LogP contribution in [0.2, 0.25) is 0 Å². The minimum absolute atomic E-state index is 0.149. The summed E-state index contributed by atoms with van der Waals surface area (Å²) in [7, 11) is -1.71. The Kier molecular flexibility index (Phi) is 4.81. The molecule has 2 atom stereocenters. The van der Waals surface area contributed by atoms with E-state index in [-0.39, 0.29) is 6.04 Å². The summed E-state index contributed by atoms with van der Waals surface area (Å²) in [6.07, 6.45) is 1.55. The first kappa shape index (κ1) is 18.2. The molecule has 11 heteroatoms. The van der Waals surface area contributed by atoms with E-state index in [9.17, 15) is 17.4 Å². The maximum Gasteiger partial charge on any atom is 0.390 e. The van der Waals surface area contributed by atoms with Gasteiger partial charge in [0.1, 0.15) is 0 Å². The molecule has 1 aliphatic heterocycles. The van der Waals surface area contributed by atoms with Crippen molar-refractivity contribution in [2.45, 2.75) is 31.5 Å². The molecule has 0 aliphatic carbocycles. The minimum Gasteiger partial charge on any atom is -0.345 e. The topological polar surface area (TPSA) is 78.3 Å². The molecule has 27 heavy (non-hydrogen) atoms. The smallest absolute Gasteiger partial charge is 0.345 e. The van der Waals surface area contributed by atoms with Gasteiger partial charge in [-0.25, -0.2) is 18.9 Å². The van der Waals surface area contributed by atoms with Crippen molar-refractivity contribution >= 4 is 33.6 Å². The van der Waals surface area contributed by atoms with Crippen LogP contribution in [0, 0.1) is 0 Å². The second-order valence-electron chi connectivity index (χ2n) is 6.61. The minimum atomic E-state index is -4.29. The number of H-pyrrole nitrogens is 1. The number of hydrogen-bond acceptors (Lipinski definition) is 4. The standard InChI is InChI=1S/C16H19F3N6OS/c17-16(18,19)4-7-27(26)23-11-2-1-6-24(10-11)15-22-9-12-8-21-14-13(25(12)15)3-5-20-14/h3,5,8-9,11,20,23H,1-2,4,6-7,10H2. The van der Waals surface area contributed by atoms with Crippen molar-refractivity contribution in [1.29, 1.82) is 0 Å². The highest BCUT2D eigenvalue weighted by molar-refractivity contribution is 7.83. The zero-order chi connectivity index (χ0) is 19.0. The van der Waals surface area contributed by atoms with E-state index in [2.05, 4.69) is 24.6 Å². The summed E-state index contributed by atoms with van der Waals surface area (Å²) < 4.78 is 53.7. The predicted octanol–water partition coefficient (Wildman–Crippen LogP) is 2.39. The van der Waals surface area contributed by atoms with Crippen LogP contribution in [0.5, 0.6) is 0 Å². The second kappa shape index (κ2) is 7.12. The summed E-state index contributed by atoms with van der Waals surface area (Å²) >= 11 is 0. The highest BCUT2D eigenvalue weighted by atomic mass is 32.2. The van der Waals surface area contributed by atoms with Crippen LogP contribution in [0.15, 0.2) is 24.7 Å². The van der Waals surface area contributed by atoms with Gasteiger partial charge in [-0.3, -0.25) is 4.40 Å². The number of hydrogen-bond donors (Lipinski definition) is 2. The molecule has 4 rings (SSSR count). The zero-order valence-corrected chi connectivity index (χ0v) is 15.2. The monoisotopic (exact) mass is 400 g/mol. The van der Waals surface area contributed by atoms with Crippen molar-refractivity contribution in [3.8, 4) is 0 Å². The van der Waals surface area contributed by atoms with Gasteiger partial charge in [-0.15, -0.1) is 0 Å². The summed E-state index contributed by atoms with van der Waals surface area (Å²) in [6, 6.07) is 1.77. The Hall–Kier alpha value is -2.14. The summed E-state index contributed by atoms with van der Waals surface area (Å²) in [4.78, 5) is 14.0. The third-order valence-corrected chi connectivity index (χ3v) is 5.79. The average molecular weight is 400 g/mol. The number of piperidine rings is 1. The third kappa shape index (κ3) is 3.93. The normalized spacial score (nSPS) is 19.8. The Labute approximate surface area is 155 Å². The number of anilines is 1. The molecule has 0 spiro atoms. The van der Waals surface area contributed by atoms with Crippen molar-refractivity contribution in [1.82, 2.24) is 24.1 Å². The van der Waals surface area contributed by atoms with Crippen molar-refractivity contribution < 1.29 is 17.4 Å². The molecule has 1 fully saturated rings. The maximum absolute atomic E-state index is 12.3. The first-order valence-corrected chi connectivity index (χ1v) is 9.98. The van der Waals surface area contributed by atoms with E-state index in [1.807, 2.05) is 16.7 Å². The molecule has 3 aromatic rings. The second-order valence-corrected chi connectivity index (χ2v) is 7.94. The van der Waals surface area contributed by atoms with Gasteiger partial charge in [0.05, 0.1) is 40.8 Å². The molecule has 1 saturated heterocycles. The van der Waals surface area contributed by atoms with Gasteiger partial charge in [-0.1, -0.05) is 0 Å². The molecule has 0 saturated carbocycles. The van der Waals surface area contributed by atoms with Crippen LogP contribution in [0.3, 0.4) is 0 Å². The van der Waals surface area contributed by atoms with E-state index in [4.69, 9.17) is 0 Å². The molecule has 0 aromatic carbocycles. The lowest BCUT2D eigenvalue weighted by Crippen LogP contribution is -2.47. The fourth-order valence-corrected chi connectivity index (χ4v) is 4.49. The summed E-state index contributed by atoms with van der Waals surface area (Å²) in [5.74, 6) is 0.326. The van der Waals surface area contributed by atoms with Crippen molar-refractivity contribution in [3.05, 3.63) is 24.7 Å². The lowest BCUT2D eigenvalue weighted by atomic mass is 10.1. The lowest BCUT2D eigenvalue weighted by Gasteiger charge is -2.33. The average Bonchev–Trinajstić information content (AvgIpc) is 3.25. The number of nitrogens with zero attached hydrogens (tertiary/aromatic N) is 4. The van der Waals surface area contributed by atoms with E-state index in [1.54, 1.807) is 12.4 Å². The Morgan fingerprint density at radius 1 is 1.33 bits per heavy atom. The Morgan fingerprint density at radius 2 is 2.15 bits per heavy atom. The predicted molar refractivity (Wildman–Crippen MR) is 96.9 cm³/mol. The molecule has 1 aliphatic rings. The molecule has 4 heterocycles. The fraction of sp³-hybridized carbons (Fsp3) is 0.500. The van der Waals surface area contributed by atoms with Crippen LogP contribution in [-0.4, -0.2) is 54.6 Å². The summed E-state index contributed by atoms with van der Waals surface area (Å²) in [6.45, 7) is 1.31. The Morgan fingerprint density at radius 3 is 2.96 bits per heavy atom. The van der Waals surface area contributed by atoms with Crippen LogP contribution in [0.4, 0.5) is 19.1 Å². The molecule has 146 valence electrons. The molecule has 2 N–H and O–H groups in total. The van der Waals surface area contributed by atoms with Crippen LogP contribution in [0.1, 0.15) is 19.3 Å². The molecular formula is C16H19F3N6OS. The first-order valence-electron chi connectivity index (χ1n) is 8.66. The van der Waals surface area contributed by atoms with Crippen molar-refractivity contribution in [2.24, 2.45) is 0 Å². The maximum atomic E-state index is 12.3. The van der Waals surface area contributed by atoms with Crippen LogP contribution >= 0.6 is 0 Å². The van der Waals surface area contributed by atoms with Crippen molar-refractivity contribution in [2.75, 3.05) is 23.7 Å². The third-order valence-electron chi connectivity index (χ3n) is 4.61. The zero-order valence-electron chi connectivity index (χ0n) is 14.4. The van der Waals surface area contributed by atoms with Crippen LogP contribution < -0.4 is 9.62 Å². The van der Waals surface area contributed by atoms with E-state index in [0.717, 1.165) is 42.0 Å². The van der Waals surface area contributed by atoms with Gasteiger partial charge in [0, 0.05) is 31.1 Å². The molecule has 2 unspecified atom stereocenters. The number of aromatic nitrogens is 4. The summed E-state index contributed by atoms with van der Waals surface area (Å²) in [5.41, 5.74) is 2.52. The van der Waals surface area contributed by atoms with Gasteiger partial charge in [-0.2, -0.15) is 13.2 Å². The fourth-order valence-electron chi connectivity index (χ4n) is 3.39. The number of rotatable bonds is 5. The lowest BCUT2D eigenvalue weighted by molar-refractivity contribution is -0.129. The van der Waals surface area contributed by atoms with E-state index < -0.39 is 29.3 Å². The SMILES string of the molecule is O=S(CCC(F)(F)F)NC1CCCN(c2ncc3cnc4[nH]ccc4n23)C1. The van der Waals surface area contributed by atoms with Gasteiger partial charge in [-0.05, 0) is 18.9 Å². The van der Waals surface area contributed by atoms with E-state index in [0.29, 0.717) is 6.54 Å². The highest BCUT2D eigenvalue weighted by Gasteiger charge is 2.29. The number of nitrogens with one attached hydrogen (secondary N) is 2. The number of halogens is 3. The number of fused-ring (bicyclic) bond motifs is 3. The molecular weight excluding hydrogens is 381 g/mol. The molecule has 0 amide bonds. The molecule has 7 nitrogen and oxygen atoms in total. The van der Waals surface area contributed by atoms with Gasteiger partial charge in [0.2, 0.25) is 5.95 Å². The van der Waals surface area contributed by atoms with E-state index in [1.165, 1.54) is 0 Å². The van der Waals surface area contributed by atoms with Crippen LogP contribution in [-0.2, 0) is 11.0 Å². The first-order chi connectivity index (χ1) is 12.9. The highest BCUT2D eigenvalue weighted by Crippen LogP contribution is 2.24. The number of alkyl halides is 3. The molecule has 3 aromatic heterocycles. The van der Waals surface area contributed by atoms with Gasteiger partial charge < -0.3 is 9.88 Å². The summed E-state index contributed by atoms with van der Waals surface area (Å²) in [5, 5.41) is 0. The van der Waals surface area contributed by atoms with Crippen molar-refractivity contribution in [3.63, 3.8) is 0 Å². The largest absolute Gasteiger partial charge is 0.390 e. The molecule has 0 radical (unpaired) electrons. The Balaban J connectivity index is 1.49. The Bertz CT molecular complexity index is 968. The van der Waals surface area contributed by atoms with E-state index >= 15 is 0 Å². The quantitative estimate of drug-likeness (QED) is 0.689. The number of aromatic amines is 1. The van der Waals surface area contributed by atoms with Gasteiger partial charge in [0.25, 0.3) is 0 Å². The van der Waals surface area contributed by atoms with Gasteiger partial charge >= 0.3 is 6.18 Å². The van der Waals surface area contributed by atoms with Gasteiger partial charge in [0.15, 0.2) is 5.65 Å². The van der Waals surface area contributed by atoms with Crippen LogP contribution in [0.25, 0.3) is 16.7 Å².